The molecule has 0 aliphatic carbocycles. The van der Waals surface area contributed by atoms with Gasteiger partial charge in [0.2, 0.25) is 0 Å². The van der Waals surface area contributed by atoms with E-state index in [0.29, 0.717) is 5.82 Å². The Kier molecular flexibility index (Phi) is 4.93. The normalized spacial score (nSPS) is 13.4. The van der Waals surface area contributed by atoms with Crippen LogP contribution in [0.5, 0.6) is 0 Å². The average Bonchev–Trinajstić information content (AvgIpc) is 2.25. The van der Waals surface area contributed by atoms with Crippen molar-refractivity contribution < 1.29 is 8.42 Å². The minimum absolute atomic E-state index is 0.227. The number of aromatic nitrogens is 1. The van der Waals surface area contributed by atoms with Crippen LogP contribution in [0.25, 0.3) is 0 Å². The summed E-state index contributed by atoms with van der Waals surface area (Å²) in [5, 5.41) is 3.16. The summed E-state index contributed by atoms with van der Waals surface area (Å²) in [5.41, 5.74) is 0. The molecule has 0 aliphatic heterocycles. The molecule has 0 spiro atoms. The fourth-order valence-corrected chi connectivity index (χ4v) is 2.40. The van der Waals surface area contributed by atoms with Gasteiger partial charge in [-0.1, -0.05) is 19.8 Å². The molecule has 1 aromatic rings. The number of nitrogens with zero attached hydrogens (tertiary/aromatic N) is 1. The molecule has 0 radical (unpaired) electrons. The lowest BCUT2D eigenvalue weighted by Gasteiger charge is -2.15. The number of unbranched alkanes of at least 4 members (excludes halogenated alkanes) is 1. The third kappa shape index (κ3) is 4.34. The van der Waals surface area contributed by atoms with E-state index in [-0.39, 0.29) is 10.9 Å². The lowest BCUT2D eigenvalue weighted by molar-refractivity contribution is 0.600. The molecule has 0 saturated carbocycles. The van der Waals surface area contributed by atoms with Crippen LogP contribution < -0.4 is 5.32 Å². The fraction of sp³-hybridized carbons (Fsp3) is 0.583. The molecular formula is C12H20N2O2S. The van der Waals surface area contributed by atoms with Crippen LogP contribution in [-0.4, -0.2) is 25.7 Å². The van der Waals surface area contributed by atoms with Gasteiger partial charge in [-0.2, -0.15) is 0 Å². The van der Waals surface area contributed by atoms with Crippen molar-refractivity contribution in [2.45, 2.75) is 44.0 Å². The van der Waals surface area contributed by atoms with Crippen molar-refractivity contribution in [3.63, 3.8) is 0 Å². The number of nitrogens with one attached hydrogen (secondary N) is 1. The highest BCUT2D eigenvalue weighted by molar-refractivity contribution is 7.90. The maximum Gasteiger partial charge on any atom is 0.179 e. The van der Waals surface area contributed by atoms with Crippen LogP contribution in [0.4, 0.5) is 5.82 Å². The Morgan fingerprint density at radius 2 is 2.18 bits per heavy atom. The van der Waals surface area contributed by atoms with Gasteiger partial charge in [0, 0.05) is 18.5 Å². The monoisotopic (exact) mass is 256 g/mol. The molecule has 17 heavy (non-hydrogen) atoms. The number of hydrogen-bond donors (Lipinski definition) is 1. The van der Waals surface area contributed by atoms with Crippen LogP contribution >= 0.6 is 0 Å². The van der Waals surface area contributed by atoms with E-state index < -0.39 is 9.84 Å². The van der Waals surface area contributed by atoms with Crippen LogP contribution in [0.3, 0.4) is 0 Å². The molecule has 1 aromatic heterocycles. The summed E-state index contributed by atoms with van der Waals surface area (Å²) in [4.78, 5) is 4.37. The van der Waals surface area contributed by atoms with Gasteiger partial charge in [-0.3, -0.25) is 0 Å². The number of hydrogen-bond acceptors (Lipinski definition) is 4. The number of sulfone groups is 1. The summed E-state index contributed by atoms with van der Waals surface area (Å²) in [6.07, 6.45) is 6.06. The molecular weight excluding hydrogens is 236 g/mol. The van der Waals surface area contributed by atoms with Crippen LogP contribution in [0.2, 0.25) is 0 Å². The van der Waals surface area contributed by atoms with Gasteiger partial charge in [0.1, 0.15) is 10.7 Å². The number of anilines is 1. The lowest BCUT2D eigenvalue weighted by atomic mass is 10.1. The third-order valence-electron chi connectivity index (χ3n) is 2.54. The van der Waals surface area contributed by atoms with Crippen molar-refractivity contribution in [1.82, 2.24) is 4.98 Å². The summed E-state index contributed by atoms with van der Waals surface area (Å²) < 4.78 is 23.1. The Morgan fingerprint density at radius 3 is 2.76 bits per heavy atom. The van der Waals surface area contributed by atoms with Gasteiger partial charge in [-0.25, -0.2) is 13.4 Å². The van der Waals surface area contributed by atoms with Crippen LogP contribution in [-0.2, 0) is 9.84 Å². The molecule has 0 fully saturated rings. The molecule has 4 nitrogen and oxygen atoms in total. The first-order valence-electron chi connectivity index (χ1n) is 5.86. The molecule has 0 saturated heterocycles. The molecule has 1 unspecified atom stereocenters. The van der Waals surface area contributed by atoms with E-state index in [2.05, 4.69) is 17.2 Å². The van der Waals surface area contributed by atoms with Crippen molar-refractivity contribution in [2.24, 2.45) is 0 Å². The van der Waals surface area contributed by atoms with E-state index in [1.165, 1.54) is 6.26 Å². The van der Waals surface area contributed by atoms with Crippen molar-refractivity contribution in [1.29, 1.82) is 0 Å². The summed E-state index contributed by atoms with van der Waals surface area (Å²) in [5.74, 6) is 0.457. The molecule has 1 atom stereocenters. The molecule has 0 aromatic carbocycles. The molecule has 1 heterocycles. The molecule has 0 aliphatic rings. The van der Waals surface area contributed by atoms with Crippen LogP contribution in [0.1, 0.15) is 33.1 Å². The molecule has 96 valence electrons. The van der Waals surface area contributed by atoms with Crippen molar-refractivity contribution in [3.8, 4) is 0 Å². The minimum atomic E-state index is -3.22. The highest BCUT2D eigenvalue weighted by Crippen LogP contribution is 2.19. The van der Waals surface area contributed by atoms with Crippen molar-refractivity contribution in [3.05, 3.63) is 18.3 Å². The fourth-order valence-electron chi connectivity index (χ4n) is 1.61. The van der Waals surface area contributed by atoms with Gasteiger partial charge < -0.3 is 5.32 Å². The first-order chi connectivity index (χ1) is 7.95. The zero-order chi connectivity index (χ0) is 12.9. The first kappa shape index (κ1) is 14.0. The molecule has 0 amide bonds. The number of rotatable bonds is 6. The van der Waals surface area contributed by atoms with E-state index in [1.807, 2.05) is 6.92 Å². The second kappa shape index (κ2) is 6.00. The van der Waals surface area contributed by atoms with Gasteiger partial charge in [0.25, 0.3) is 0 Å². The number of pyridine rings is 1. The SMILES string of the molecule is CCCCC(C)Nc1ncccc1S(C)(=O)=O. The van der Waals surface area contributed by atoms with E-state index in [4.69, 9.17) is 0 Å². The van der Waals surface area contributed by atoms with E-state index in [0.717, 1.165) is 19.3 Å². The van der Waals surface area contributed by atoms with E-state index in [1.54, 1.807) is 18.3 Å². The summed E-state index contributed by atoms with van der Waals surface area (Å²) in [7, 11) is -3.22. The van der Waals surface area contributed by atoms with Crippen molar-refractivity contribution in [2.75, 3.05) is 11.6 Å². The standard InChI is InChI=1S/C12H20N2O2S/c1-4-5-7-10(2)14-12-11(17(3,15)16)8-6-9-13-12/h6,8-10H,4-5,7H2,1-3H3,(H,13,14). The topological polar surface area (TPSA) is 59.1 Å². The Balaban J connectivity index is 2.84. The quantitative estimate of drug-likeness (QED) is 0.849. The van der Waals surface area contributed by atoms with Gasteiger partial charge >= 0.3 is 0 Å². The predicted octanol–water partition coefficient (Wildman–Crippen LogP) is 2.48. The predicted molar refractivity (Wildman–Crippen MR) is 70.0 cm³/mol. The van der Waals surface area contributed by atoms with Gasteiger partial charge in [0.15, 0.2) is 9.84 Å². The third-order valence-corrected chi connectivity index (χ3v) is 3.67. The Hall–Kier alpha value is -1.10. The first-order valence-corrected chi connectivity index (χ1v) is 7.76. The van der Waals surface area contributed by atoms with E-state index >= 15 is 0 Å². The molecule has 1 rings (SSSR count). The summed E-state index contributed by atoms with van der Waals surface area (Å²) in [6, 6.07) is 3.44. The van der Waals surface area contributed by atoms with E-state index in [9.17, 15) is 8.42 Å². The zero-order valence-corrected chi connectivity index (χ0v) is 11.4. The second-order valence-electron chi connectivity index (χ2n) is 4.31. The molecule has 0 bridgehead atoms. The lowest BCUT2D eigenvalue weighted by Crippen LogP contribution is -2.18. The van der Waals surface area contributed by atoms with Gasteiger partial charge in [0.05, 0.1) is 0 Å². The minimum Gasteiger partial charge on any atom is -0.367 e. The Morgan fingerprint density at radius 1 is 1.47 bits per heavy atom. The maximum atomic E-state index is 11.6. The molecule has 5 heteroatoms. The maximum absolute atomic E-state index is 11.6. The zero-order valence-electron chi connectivity index (χ0n) is 10.6. The highest BCUT2D eigenvalue weighted by Gasteiger charge is 2.15. The summed E-state index contributed by atoms with van der Waals surface area (Å²) in [6.45, 7) is 4.17. The average molecular weight is 256 g/mol. The largest absolute Gasteiger partial charge is 0.367 e. The highest BCUT2D eigenvalue weighted by atomic mass is 32.2. The Labute approximate surface area is 103 Å². The van der Waals surface area contributed by atoms with Crippen LogP contribution in [0, 0.1) is 0 Å². The van der Waals surface area contributed by atoms with Crippen molar-refractivity contribution >= 4 is 15.7 Å². The summed E-state index contributed by atoms with van der Waals surface area (Å²) >= 11 is 0. The van der Waals surface area contributed by atoms with Gasteiger partial charge in [-0.15, -0.1) is 0 Å². The van der Waals surface area contributed by atoms with Gasteiger partial charge in [-0.05, 0) is 25.5 Å². The Bertz CT molecular complexity index is 457. The molecule has 1 N–H and O–H groups in total. The van der Waals surface area contributed by atoms with Crippen LogP contribution in [0.15, 0.2) is 23.2 Å². The smallest absolute Gasteiger partial charge is 0.179 e. The second-order valence-corrected chi connectivity index (χ2v) is 6.29.